The maximum atomic E-state index is 13.6. The summed E-state index contributed by atoms with van der Waals surface area (Å²) < 4.78 is 27.1. The quantitative estimate of drug-likeness (QED) is 0.268. The summed E-state index contributed by atoms with van der Waals surface area (Å²) in [6, 6.07) is 12.2. The van der Waals surface area contributed by atoms with E-state index in [1.165, 1.54) is 29.8 Å². The third kappa shape index (κ3) is 5.97. The van der Waals surface area contributed by atoms with Crippen molar-refractivity contribution in [3.05, 3.63) is 88.7 Å². The van der Waals surface area contributed by atoms with E-state index in [0.29, 0.717) is 42.0 Å². The summed E-state index contributed by atoms with van der Waals surface area (Å²) in [6.45, 7) is 5.86. The standard InChI is InChI=1S/C30H29FN8O3S/c1-18-27(29(40)37-30-32-12-23(43-30)14-38-15-25-26(16-38)42-8-7-41-25)28(34-17-33-18)36-22-5-6-24-20(10-22)11-35-39(24)13-19-3-2-4-21(31)9-19/h2-6,9-12,17,25-26H,7-8,13-16H2,1H3,(H,32,37,40)(H,33,34,36)/t25-,26+. The van der Waals surface area contributed by atoms with Crippen LogP contribution in [0.25, 0.3) is 10.9 Å². The molecule has 2 N–H and O–H groups in total. The Hall–Kier alpha value is -4.30. The molecule has 3 aromatic heterocycles. The molecular weight excluding hydrogens is 571 g/mol. The molecule has 2 atom stereocenters. The smallest absolute Gasteiger partial charge is 0.263 e. The fraction of sp³-hybridized carbons (Fsp3) is 0.300. The Kier molecular flexibility index (Phi) is 7.53. The van der Waals surface area contributed by atoms with Crippen LogP contribution in [0.5, 0.6) is 0 Å². The number of ether oxygens (including phenoxy) is 2. The molecule has 220 valence electrons. The number of benzene rings is 2. The highest BCUT2D eigenvalue weighted by Gasteiger charge is 2.36. The molecule has 0 spiro atoms. The number of thiazole rings is 1. The highest BCUT2D eigenvalue weighted by atomic mass is 32.1. The van der Waals surface area contributed by atoms with Gasteiger partial charge in [-0.05, 0) is 42.8 Å². The van der Waals surface area contributed by atoms with Crippen LogP contribution in [0.4, 0.5) is 21.0 Å². The van der Waals surface area contributed by atoms with Crippen LogP contribution in [0.15, 0.2) is 61.2 Å². The average molecular weight is 601 g/mol. The number of aromatic nitrogens is 5. The van der Waals surface area contributed by atoms with Gasteiger partial charge in [-0.15, -0.1) is 11.3 Å². The number of carbonyl (C=O) groups is 1. The van der Waals surface area contributed by atoms with Crippen molar-refractivity contribution in [3.63, 3.8) is 0 Å². The molecule has 43 heavy (non-hydrogen) atoms. The van der Waals surface area contributed by atoms with Crippen LogP contribution >= 0.6 is 11.3 Å². The highest BCUT2D eigenvalue weighted by Crippen LogP contribution is 2.28. The summed E-state index contributed by atoms with van der Waals surface area (Å²) in [7, 11) is 0. The number of nitrogens with zero attached hydrogens (tertiary/aromatic N) is 6. The minimum atomic E-state index is -0.348. The normalized spacial score (nSPS) is 18.6. The molecule has 2 aliphatic rings. The van der Waals surface area contributed by atoms with Crippen molar-refractivity contribution >= 4 is 44.8 Å². The minimum absolute atomic E-state index is 0.116. The van der Waals surface area contributed by atoms with Crippen molar-refractivity contribution in [2.45, 2.75) is 32.2 Å². The second kappa shape index (κ2) is 11.8. The largest absolute Gasteiger partial charge is 0.372 e. The van der Waals surface area contributed by atoms with Gasteiger partial charge in [0.2, 0.25) is 0 Å². The Balaban J connectivity index is 1.04. The molecule has 0 aliphatic carbocycles. The molecule has 5 aromatic rings. The van der Waals surface area contributed by atoms with E-state index in [0.717, 1.165) is 46.7 Å². The van der Waals surface area contributed by atoms with Crippen molar-refractivity contribution in [3.8, 4) is 0 Å². The minimum Gasteiger partial charge on any atom is -0.372 e. The number of carbonyl (C=O) groups excluding carboxylic acids is 1. The maximum Gasteiger partial charge on any atom is 0.263 e. The van der Waals surface area contributed by atoms with Crippen LogP contribution in [0, 0.1) is 12.7 Å². The van der Waals surface area contributed by atoms with Gasteiger partial charge in [-0.25, -0.2) is 19.3 Å². The van der Waals surface area contributed by atoms with E-state index in [1.807, 2.05) is 28.9 Å². The Labute approximate surface area is 250 Å². The van der Waals surface area contributed by atoms with E-state index in [1.54, 1.807) is 25.4 Å². The Morgan fingerprint density at radius 3 is 2.70 bits per heavy atom. The van der Waals surface area contributed by atoms with Gasteiger partial charge >= 0.3 is 0 Å². The molecule has 5 heterocycles. The summed E-state index contributed by atoms with van der Waals surface area (Å²) >= 11 is 1.44. The maximum absolute atomic E-state index is 13.6. The molecule has 13 heteroatoms. The van der Waals surface area contributed by atoms with Gasteiger partial charge in [-0.2, -0.15) is 5.10 Å². The van der Waals surface area contributed by atoms with Crippen molar-refractivity contribution < 1.29 is 18.7 Å². The van der Waals surface area contributed by atoms with E-state index < -0.39 is 0 Å². The molecule has 1 amide bonds. The van der Waals surface area contributed by atoms with Gasteiger partial charge in [0.05, 0.1) is 49.4 Å². The number of fused-ring (bicyclic) bond motifs is 2. The third-order valence-electron chi connectivity index (χ3n) is 7.58. The Morgan fingerprint density at radius 1 is 1.05 bits per heavy atom. The molecule has 7 rings (SSSR count). The molecule has 2 fully saturated rings. The number of amides is 1. The van der Waals surface area contributed by atoms with E-state index in [4.69, 9.17) is 9.47 Å². The molecule has 0 bridgehead atoms. The van der Waals surface area contributed by atoms with Gasteiger partial charge in [0, 0.05) is 41.8 Å². The first kappa shape index (κ1) is 27.5. The van der Waals surface area contributed by atoms with Crippen LogP contribution in [0.3, 0.4) is 0 Å². The second-order valence-corrected chi connectivity index (χ2v) is 11.7. The van der Waals surface area contributed by atoms with Gasteiger partial charge in [-0.1, -0.05) is 12.1 Å². The van der Waals surface area contributed by atoms with Gasteiger partial charge in [0.25, 0.3) is 5.91 Å². The van der Waals surface area contributed by atoms with Crippen LogP contribution < -0.4 is 10.6 Å². The zero-order valence-electron chi connectivity index (χ0n) is 23.4. The van der Waals surface area contributed by atoms with Gasteiger partial charge < -0.3 is 14.8 Å². The molecule has 2 aromatic carbocycles. The molecular formula is C30H29FN8O3S. The molecule has 0 radical (unpaired) electrons. The van der Waals surface area contributed by atoms with E-state index >= 15 is 0 Å². The van der Waals surface area contributed by atoms with Gasteiger partial charge in [0.1, 0.15) is 23.5 Å². The monoisotopic (exact) mass is 600 g/mol. The predicted octanol–water partition coefficient (Wildman–Crippen LogP) is 4.37. The van der Waals surface area contributed by atoms with Gasteiger partial charge in [-0.3, -0.25) is 19.7 Å². The fourth-order valence-electron chi connectivity index (χ4n) is 5.56. The first-order valence-corrected chi connectivity index (χ1v) is 14.8. The first-order valence-electron chi connectivity index (χ1n) is 14.0. The fourth-order valence-corrected chi connectivity index (χ4v) is 6.41. The van der Waals surface area contributed by atoms with Crippen LogP contribution in [0.1, 0.15) is 26.5 Å². The molecule has 2 saturated heterocycles. The predicted molar refractivity (Wildman–Crippen MR) is 160 cm³/mol. The molecule has 0 unspecified atom stereocenters. The van der Waals surface area contributed by atoms with Crippen molar-refractivity contribution in [2.75, 3.05) is 36.9 Å². The SMILES string of the molecule is Cc1ncnc(Nc2ccc3c(cnn3Cc3cccc(F)c3)c2)c1C(=O)Nc1ncc(CN2C[C@@H]3OCCO[C@@H]3C2)s1. The summed E-state index contributed by atoms with van der Waals surface area (Å²) in [5.74, 6) is -0.242. The summed E-state index contributed by atoms with van der Waals surface area (Å²) in [4.78, 5) is 29.8. The van der Waals surface area contributed by atoms with Crippen LogP contribution in [-0.2, 0) is 22.6 Å². The number of rotatable bonds is 8. The topological polar surface area (TPSA) is 119 Å². The number of nitrogens with one attached hydrogen (secondary N) is 2. The number of anilines is 3. The van der Waals surface area contributed by atoms with E-state index in [2.05, 4.69) is 35.6 Å². The lowest BCUT2D eigenvalue weighted by atomic mass is 10.2. The zero-order valence-corrected chi connectivity index (χ0v) is 24.2. The molecule has 0 saturated carbocycles. The highest BCUT2D eigenvalue weighted by molar-refractivity contribution is 7.15. The van der Waals surface area contributed by atoms with Crippen LogP contribution in [-0.4, -0.2) is 74.1 Å². The van der Waals surface area contributed by atoms with E-state index in [9.17, 15) is 9.18 Å². The summed E-state index contributed by atoms with van der Waals surface area (Å²) in [6.07, 6.45) is 5.21. The third-order valence-corrected chi connectivity index (χ3v) is 8.48. The lowest BCUT2D eigenvalue weighted by molar-refractivity contribution is -0.116. The van der Waals surface area contributed by atoms with Crippen molar-refractivity contribution in [2.24, 2.45) is 0 Å². The molecule has 2 aliphatic heterocycles. The van der Waals surface area contributed by atoms with Crippen LogP contribution in [0.2, 0.25) is 0 Å². The number of aryl methyl sites for hydroxylation is 1. The Morgan fingerprint density at radius 2 is 1.88 bits per heavy atom. The number of hydrogen-bond donors (Lipinski definition) is 2. The van der Waals surface area contributed by atoms with Crippen molar-refractivity contribution in [1.29, 1.82) is 0 Å². The zero-order chi connectivity index (χ0) is 29.3. The number of halogens is 1. The van der Waals surface area contributed by atoms with Crippen molar-refractivity contribution in [1.82, 2.24) is 29.6 Å². The Bertz CT molecular complexity index is 1780. The first-order chi connectivity index (χ1) is 21.0. The average Bonchev–Trinajstić information content (AvgIpc) is 3.71. The summed E-state index contributed by atoms with van der Waals surface area (Å²) in [5, 5.41) is 12.1. The van der Waals surface area contributed by atoms with E-state index in [-0.39, 0.29) is 23.9 Å². The second-order valence-electron chi connectivity index (χ2n) is 10.6. The number of likely N-dealkylation sites (tertiary alicyclic amines) is 1. The summed E-state index contributed by atoms with van der Waals surface area (Å²) in [5.41, 5.74) is 3.33. The number of hydrogen-bond acceptors (Lipinski definition) is 10. The van der Waals surface area contributed by atoms with Gasteiger partial charge in [0.15, 0.2) is 5.13 Å². The lowest BCUT2D eigenvalue weighted by Crippen LogP contribution is -2.36. The lowest BCUT2D eigenvalue weighted by Gasteiger charge is -2.24. The molecule has 11 nitrogen and oxygen atoms in total.